The van der Waals surface area contributed by atoms with Crippen LogP contribution in [0.4, 0.5) is 0 Å². The molecule has 3 fully saturated rings. The quantitative estimate of drug-likeness (QED) is 0.663. The Hall–Kier alpha value is -1.99. The van der Waals surface area contributed by atoms with Gasteiger partial charge in [-0.1, -0.05) is 18.2 Å². The normalized spacial score (nSPS) is 30.5. The van der Waals surface area contributed by atoms with Crippen molar-refractivity contribution in [1.82, 2.24) is 15.1 Å². The largest absolute Gasteiger partial charge is 0.497 e. The summed E-state index contributed by atoms with van der Waals surface area (Å²) >= 11 is 0. The molecule has 5 rings (SSSR count). The summed E-state index contributed by atoms with van der Waals surface area (Å²) in [5.41, 5.74) is 0.809. The van der Waals surface area contributed by atoms with Gasteiger partial charge >= 0.3 is 0 Å². The molecule has 2 aromatic carbocycles. The summed E-state index contributed by atoms with van der Waals surface area (Å²) in [4.78, 5) is 18.1. The van der Waals surface area contributed by atoms with E-state index in [4.69, 9.17) is 4.74 Å². The highest BCUT2D eigenvalue weighted by molar-refractivity contribution is 6.00. The van der Waals surface area contributed by atoms with Gasteiger partial charge in [-0.05, 0) is 29.0 Å². The molecule has 3 saturated heterocycles. The highest BCUT2D eigenvalue weighted by Gasteiger charge is 2.48. The third-order valence-electron chi connectivity index (χ3n) is 6.08. The topological polar surface area (TPSA) is 44.8 Å². The molecule has 3 aliphatic heterocycles. The Balaban J connectivity index is 1.40. The Morgan fingerprint density at radius 3 is 3.00 bits per heavy atom. The van der Waals surface area contributed by atoms with Gasteiger partial charge in [0.25, 0.3) is 0 Å². The van der Waals surface area contributed by atoms with E-state index in [0.717, 1.165) is 66.3 Å². The van der Waals surface area contributed by atoms with Gasteiger partial charge in [0, 0.05) is 12.1 Å². The maximum atomic E-state index is 13.1. The van der Waals surface area contributed by atoms with Crippen LogP contribution in [0.5, 0.6) is 5.75 Å². The number of ether oxygens (including phenoxy) is 1. The number of Topliss-reactive ketones (excluding diaryl/α,β-unsaturated/α-hetero) is 1. The first-order chi connectivity index (χ1) is 12.6. The van der Waals surface area contributed by atoms with E-state index >= 15 is 0 Å². The van der Waals surface area contributed by atoms with Crippen LogP contribution in [0.25, 0.3) is 10.8 Å². The zero-order valence-electron chi connectivity index (χ0n) is 15.1. The highest BCUT2D eigenvalue weighted by Crippen LogP contribution is 2.28. The Labute approximate surface area is 153 Å². The third kappa shape index (κ3) is 2.70. The van der Waals surface area contributed by atoms with Crippen LogP contribution in [0, 0.1) is 0 Å². The van der Waals surface area contributed by atoms with Crippen molar-refractivity contribution in [3.05, 3.63) is 42.0 Å². The van der Waals surface area contributed by atoms with Crippen LogP contribution < -0.4 is 10.1 Å². The lowest BCUT2D eigenvalue weighted by molar-refractivity contribution is -0.935. The van der Waals surface area contributed by atoms with Crippen LogP contribution >= 0.6 is 0 Å². The minimum absolute atomic E-state index is 0.237. The van der Waals surface area contributed by atoms with Gasteiger partial charge in [0.2, 0.25) is 5.78 Å². The monoisotopic (exact) mass is 353 g/mol. The summed E-state index contributed by atoms with van der Waals surface area (Å²) < 4.78 is 6.12. The zero-order chi connectivity index (χ0) is 17.7. The van der Waals surface area contributed by atoms with Crippen molar-refractivity contribution in [1.29, 1.82) is 0 Å². The number of rotatable bonds is 4. The van der Waals surface area contributed by atoms with E-state index in [1.807, 2.05) is 36.4 Å². The Kier molecular flexibility index (Phi) is 3.76. The van der Waals surface area contributed by atoms with Crippen LogP contribution in [-0.4, -0.2) is 79.5 Å². The molecule has 6 heteroatoms. The molecule has 0 aliphatic carbocycles. The maximum Gasteiger partial charge on any atom is 0.217 e. The Bertz CT molecular complexity index is 870. The molecule has 3 atom stereocenters. The first-order valence-electron chi connectivity index (χ1n) is 9.27. The molecule has 0 amide bonds. The first kappa shape index (κ1) is 16.2. The number of methoxy groups -OCH3 is 1. The van der Waals surface area contributed by atoms with E-state index in [-0.39, 0.29) is 5.78 Å². The molecule has 0 radical (unpaired) electrons. The van der Waals surface area contributed by atoms with Crippen molar-refractivity contribution < 1.29 is 14.0 Å². The number of hydrogen-bond donors (Lipinski definition) is 1. The summed E-state index contributed by atoms with van der Waals surface area (Å²) in [6.45, 7) is 6.59. The molecule has 136 valence electrons. The second-order valence-electron chi connectivity index (χ2n) is 7.98. The summed E-state index contributed by atoms with van der Waals surface area (Å²) in [7, 11) is 1.67. The number of ketones is 1. The number of carbonyl (C=O) groups excluding carboxylic acids is 1. The standard InChI is InChI=1S/C20H25N4O2/c1-26-19-5-4-15-6-17(3-2-16(15)7-19)20(25)10-24-9-18-8-22(14-24)13-23(18)11-21-12-24/h2-7,18,21H,8-14H2,1H3/q+1. The van der Waals surface area contributed by atoms with Gasteiger partial charge < -0.3 is 4.74 Å². The van der Waals surface area contributed by atoms with Gasteiger partial charge in [-0.25, -0.2) is 4.90 Å². The van der Waals surface area contributed by atoms with Crippen LogP contribution in [-0.2, 0) is 0 Å². The predicted octanol–water partition coefficient (Wildman–Crippen LogP) is 1.28. The number of quaternary nitrogens is 1. The highest BCUT2D eigenvalue weighted by atomic mass is 16.5. The van der Waals surface area contributed by atoms with Gasteiger partial charge in [0.05, 0.1) is 33.0 Å². The Morgan fingerprint density at radius 1 is 1.27 bits per heavy atom. The molecule has 6 nitrogen and oxygen atoms in total. The molecule has 26 heavy (non-hydrogen) atoms. The predicted molar refractivity (Wildman–Crippen MR) is 99.8 cm³/mol. The first-order valence-corrected chi connectivity index (χ1v) is 9.27. The molecule has 0 saturated carbocycles. The number of nitrogens with one attached hydrogen (secondary N) is 1. The van der Waals surface area contributed by atoms with Crippen molar-refractivity contribution in [3.63, 3.8) is 0 Å². The van der Waals surface area contributed by atoms with Crippen LogP contribution in [0.3, 0.4) is 0 Å². The van der Waals surface area contributed by atoms with Crippen LogP contribution in [0.2, 0.25) is 0 Å². The number of benzene rings is 2. The number of nitrogens with zero attached hydrogens (tertiary/aromatic N) is 3. The van der Waals surface area contributed by atoms with Gasteiger partial charge in [-0.2, -0.15) is 0 Å². The fraction of sp³-hybridized carbons (Fsp3) is 0.450. The molecule has 3 unspecified atom stereocenters. The number of hydrogen-bond acceptors (Lipinski definition) is 5. The second-order valence-corrected chi connectivity index (χ2v) is 7.98. The lowest BCUT2D eigenvalue weighted by atomic mass is 10.0. The van der Waals surface area contributed by atoms with Gasteiger partial charge in [0.15, 0.2) is 0 Å². The molecule has 3 aliphatic rings. The lowest BCUT2D eigenvalue weighted by Crippen LogP contribution is -2.64. The van der Waals surface area contributed by atoms with E-state index < -0.39 is 0 Å². The molecule has 0 aromatic heterocycles. The molecule has 0 spiro atoms. The zero-order valence-corrected chi connectivity index (χ0v) is 15.1. The third-order valence-corrected chi connectivity index (χ3v) is 6.08. The second kappa shape index (κ2) is 6.03. The smallest absolute Gasteiger partial charge is 0.217 e. The summed E-state index contributed by atoms with van der Waals surface area (Å²) in [6.07, 6.45) is 0. The lowest BCUT2D eigenvalue weighted by Gasteiger charge is -2.43. The molecular weight excluding hydrogens is 328 g/mol. The van der Waals surface area contributed by atoms with Crippen molar-refractivity contribution in [2.24, 2.45) is 0 Å². The summed E-state index contributed by atoms with van der Waals surface area (Å²) in [6, 6.07) is 12.6. The SMILES string of the molecule is COc1ccc2cc(C(=O)C[N+]34CNCN5CN(CC5C3)C4)ccc2c1. The number of carbonyl (C=O) groups is 1. The minimum atomic E-state index is 0.237. The van der Waals surface area contributed by atoms with Crippen molar-refractivity contribution >= 4 is 16.6 Å². The van der Waals surface area contributed by atoms with E-state index in [1.54, 1.807) is 7.11 Å². The van der Waals surface area contributed by atoms with Gasteiger partial charge in [-0.3, -0.25) is 19.5 Å². The summed E-state index contributed by atoms with van der Waals surface area (Å²) in [5, 5.41) is 5.73. The average Bonchev–Trinajstić information content (AvgIpc) is 2.87. The molecule has 1 N–H and O–H groups in total. The van der Waals surface area contributed by atoms with E-state index in [9.17, 15) is 4.79 Å². The van der Waals surface area contributed by atoms with Crippen molar-refractivity contribution in [3.8, 4) is 5.75 Å². The molecular formula is C20H25N4O2+. The average molecular weight is 353 g/mol. The summed E-state index contributed by atoms with van der Waals surface area (Å²) in [5.74, 6) is 1.08. The maximum absolute atomic E-state index is 13.1. The Morgan fingerprint density at radius 2 is 2.12 bits per heavy atom. The van der Waals surface area contributed by atoms with Crippen LogP contribution in [0.1, 0.15) is 10.4 Å². The van der Waals surface area contributed by atoms with Gasteiger partial charge in [-0.15, -0.1) is 0 Å². The van der Waals surface area contributed by atoms with Crippen molar-refractivity contribution in [2.45, 2.75) is 6.04 Å². The van der Waals surface area contributed by atoms with Crippen LogP contribution in [0.15, 0.2) is 36.4 Å². The van der Waals surface area contributed by atoms with Crippen molar-refractivity contribution in [2.75, 3.05) is 53.4 Å². The van der Waals surface area contributed by atoms with E-state index in [2.05, 4.69) is 15.1 Å². The molecule has 3 bridgehead atoms. The molecule has 3 heterocycles. The molecule has 2 aromatic rings. The number of fused-ring (bicyclic) bond motifs is 3. The minimum Gasteiger partial charge on any atom is -0.497 e. The van der Waals surface area contributed by atoms with E-state index in [1.165, 1.54) is 0 Å². The fourth-order valence-electron chi connectivity index (χ4n) is 4.86. The van der Waals surface area contributed by atoms with Gasteiger partial charge in [0.1, 0.15) is 25.6 Å². The fourth-order valence-corrected chi connectivity index (χ4v) is 4.86. The van der Waals surface area contributed by atoms with E-state index in [0.29, 0.717) is 12.6 Å².